The molecule has 3 rings (SSSR count). The number of urea groups is 1. The molecule has 6 heteroatoms. The molecule has 2 aliphatic rings. The van der Waals surface area contributed by atoms with Gasteiger partial charge in [0.25, 0.3) is 0 Å². The number of aliphatic hydroxyl groups is 1. The predicted molar refractivity (Wildman–Crippen MR) is 82.5 cm³/mol. The lowest BCUT2D eigenvalue weighted by Gasteiger charge is -2.30. The number of nitrogens with zero attached hydrogens (tertiary/aromatic N) is 2. The van der Waals surface area contributed by atoms with E-state index in [1.807, 2.05) is 30.3 Å². The van der Waals surface area contributed by atoms with Crippen LogP contribution in [0.1, 0.15) is 19.3 Å². The monoisotopic (exact) mass is 303 g/mol. The zero-order valence-electron chi connectivity index (χ0n) is 12.4. The van der Waals surface area contributed by atoms with Gasteiger partial charge in [-0.3, -0.25) is 4.79 Å². The third-order valence-corrected chi connectivity index (χ3v) is 4.27. The van der Waals surface area contributed by atoms with Gasteiger partial charge in [0.15, 0.2) is 0 Å². The number of anilines is 1. The second-order valence-electron chi connectivity index (χ2n) is 5.91. The van der Waals surface area contributed by atoms with E-state index in [-0.39, 0.29) is 24.1 Å². The summed E-state index contributed by atoms with van der Waals surface area (Å²) in [5.41, 5.74) is 0.866. The summed E-state index contributed by atoms with van der Waals surface area (Å²) >= 11 is 0. The second kappa shape index (κ2) is 6.36. The molecule has 0 unspecified atom stereocenters. The highest BCUT2D eigenvalue weighted by Crippen LogP contribution is 2.21. The Kier molecular flexibility index (Phi) is 4.29. The molecular weight excluding hydrogens is 282 g/mol. The minimum Gasteiger partial charge on any atom is -0.393 e. The van der Waals surface area contributed by atoms with Gasteiger partial charge in [0, 0.05) is 31.7 Å². The van der Waals surface area contributed by atoms with Crippen LogP contribution in [0.2, 0.25) is 0 Å². The van der Waals surface area contributed by atoms with Crippen LogP contribution in [0.4, 0.5) is 10.5 Å². The number of amides is 3. The zero-order valence-corrected chi connectivity index (χ0v) is 12.4. The summed E-state index contributed by atoms with van der Waals surface area (Å²) in [7, 11) is 0. The van der Waals surface area contributed by atoms with Gasteiger partial charge in [0.1, 0.15) is 0 Å². The van der Waals surface area contributed by atoms with Gasteiger partial charge in [0.05, 0.1) is 12.1 Å². The molecule has 1 aromatic rings. The second-order valence-corrected chi connectivity index (χ2v) is 5.91. The molecule has 0 aliphatic carbocycles. The van der Waals surface area contributed by atoms with Crippen molar-refractivity contribution in [1.29, 1.82) is 0 Å². The molecule has 2 saturated heterocycles. The number of aliphatic hydroxyl groups excluding tert-OH is 1. The van der Waals surface area contributed by atoms with E-state index < -0.39 is 0 Å². The maximum atomic E-state index is 12.2. The fourth-order valence-electron chi connectivity index (χ4n) is 3.00. The zero-order chi connectivity index (χ0) is 15.5. The highest BCUT2D eigenvalue weighted by Gasteiger charge is 2.32. The Morgan fingerprint density at radius 3 is 2.55 bits per heavy atom. The van der Waals surface area contributed by atoms with Crippen molar-refractivity contribution in [2.45, 2.75) is 31.4 Å². The van der Waals surface area contributed by atoms with Crippen molar-refractivity contribution in [3.63, 3.8) is 0 Å². The largest absolute Gasteiger partial charge is 0.393 e. The van der Waals surface area contributed by atoms with E-state index in [9.17, 15) is 14.7 Å². The summed E-state index contributed by atoms with van der Waals surface area (Å²) in [6, 6.07) is 9.20. The minimum atomic E-state index is -0.300. The van der Waals surface area contributed by atoms with E-state index in [2.05, 4.69) is 5.32 Å². The Bertz CT molecular complexity index is 541. The number of hydrogen-bond donors (Lipinski definition) is 2. The number of likely N-dealkylation sites (tertiary alicyclic amines) is 1. The molecule has 2 heterocycles. The molecule has 2 N–H and O–H groups in total. The van der Waals surface area contributed by atoms with Gasteiger partial charge >= 0.3 is 6.03 Å². The molecule has 118 valence electrons. The third kappa shape index (κ3) is 3.22. The first-order valence-corrected chi connectivity index (χ1v) is 7.72. The maximum absolute atomic E-state index is 12.2. The average molecular weight is 303 g/mol. The van der Waals surface area contributed by atoms with Crippen LogP contribution in [0.5, 0.6) is 0 Å². The molecular formula is C16H21N3O3. The average Bonchev–Trinajstić information content (AvgIpc) is 2.89. The summed E-state index contributed by atoms with van der Waals surface area (Å²) in [5.74, 6) is 0.0329. The van der Waals surface area contributed by atoms with Crippen LogP contribution < -0.4 is 10.2 Å². The summed E-state index contributed by atoms with van der Waals surface area (Å²) in [6.07, 6.45) is 1.27. The smallest absolute Gasteiger partial charge is 0.317 e. The molecule has 6 nitrogen and oxygen atoms in total. The summed E-state index contributed by atoms with van der Waals surface area (Å²) in [6.45, 7) is 1.64. The summed E-state index contributed by atoms with van der Waals surface area (Å²) < 4.78 is 0. The molecule has 0 radical (unpaired) electrons. The molecule has 0 spiro atoms. The topological polar surface area (TPSA) is 72.9 Å². The van der Waals surface area contributed by atoms with Gasteiger partial charge in [-0.1, -0.05) is 18.2 Å². The quantitative estimate of drug-likeness (QED) is 0.854. The van der Waals surface area contributed by atoms with Crippen LogP contribution in [0.15, 0.2) is 30.3 Å². The molecule has 1 atom stereocenters. The fraction of sp³-hybridized carbons (Fsp3) is 0.500. The van der Waals surface area contributed by atoms with Crippen LogP contribution in [-0.4, -0.2) is 53.7 Å². The molecule has 2 fully saturated rings. The molecule has 0 saturated carbocycles. The van der Waals surface area contributed by atoms with Gasteiger partial charge in [0.2, 0.25) is 5.91 Å². The van der Waals surface area contributed by atoms with Crippen molar-refractivity contribution >= 4 is 17.6 Å². The van der Waals surface area contributed by atoms with Crippen molar-refractivity contribution in [3.8, 4) is 0 Å². The number of carbonyl (C=O) groups is 2. The number of benzene rings is 1. The van der Waals surface area contributed by atoms with E-state index in [0.29, 0.717) is 38.9 Å². The minimum absolute atomic E-state index is 0.0329. The molecule has 1 aromatic carbocycles. The van der Waals surface area contributed by atoms with Gasteiger partial charge in [-0.15, -0.1) is 0 Å². The first kappa shape index (κ1) is 14.8. The van der Waals surface area contributed by atoms with Crippen molar-refractivity contribution < 1.29 is 14.7 Å². The van der Waals surface area contributed by atoms with Crippen molar-refractivity contribution in [3.05, 3.63) is 30.3 Å². The lowest BCUT2D eigenvalue weighted by Crippen LogP contribution is -2.49. The van der Waals surface area contributed by atoms with Crippen LogP contribution in [0.25, 0.3) is 0 Å². The van der Waals surface area contributed by atoms with Crippen LogP contribution >= 0.6 is 0 Å². The van der Waals surface area contributed by atoms with Crippen LogP contribution in [-0.2, 0) is 4.79 Å². The van der Waals surface area contributed by atoms with E-state index in [4.69, 9.17) is 0 Å². The number of carbonyl (C=O) groups excluding carboxylic acids is 2. The molecule has 3 amide bonds. The number of piperidine rings is 1. The van der Waals surface area contributed by atoms with Gasteiger partial charge < -0.3 is 20.2 Å². The first-order chi connectivity index (χ1) is 10.6. The Labute approximate surface area is 129 Å². The Hall–Kier alpha value is -2.08. The van der Waals surface area contributed by atoms with Crippen molar-refractivity contribution in [2.24, 2.45) is 0 Å². The molecule has 0 bridgehead atoms. The van der Waals surface area contributed by atoms with Gasteiger partial charge in [-0.05, 0) is 25.0 Å². The van der Waals surface area contributed by atoms with E-state index in [0.717, 1.165) is 5.69 Å². The van der Waals surface area contributed by atoms with Gasteiger partial charge in [-0.25, -0.2) is 4.79 Å². The van der Waals surface area contributed by atoms with Crippen LogP contribution in [0, 0.1) is 0 Å². The summed E-state index contributed by atoms with van der Waals surface area (Å²) in [4.78, 5) is 27.8. The maximum Gasteiger partial charge on any atom is 0.317 e. The van der Waals surface area contributed by atoms with Crippen molar-refractivity contribution in [2.75, 3.05) is 24.5 Å². The summed E-state index contributed by atoms with van der Waals surface area (Å²) in [5, 5.41) is 12.4. The standard InChI is InChI=1S/C16H21N3O3/c20-14-6-8-18(9-7-14)16(22)17-12-10-15(21)19(11-12)13-4-2-1-3-5-13/h1-5,12,14,20H,6-11H2,(H,17,22)/t12-/m0/s1. The van der Waals surface area contributed by atoms with Crippen LogP contribution in [0.3, 0.4) is 0 Å². The Morgan fingerprint density at radius 2 is 1.86 bits per heavy atom. The number of rotatable bonds is 2. The number of hydrogen-bond acceptors (Lipinski definition) is 3. The normalized spacial score (nSPS) is 23.0. The van der Waals surface area contributed by atoms with E-state index in [1.54, 1.807) is 9.80 Å². The molecule has 2 aliphatic heterocycles. The number of para-hydroxylation sites is 1. The SMILES string of the molecule is O=C(N[C@H]1CC(=O)N(c2ccccc2)C1)N1CCC(O)CC1. The number of nitrogens with one attached hydrogen (secondary N) is 1. The Morgan fingerprint density at radius 1 is 1.18 bits per heavy atom. The highest BCUT2D eigenvalue weighted by molar-refractivity contribution is 5.96. The Balaban J connectivity index is 1.56. The van der Waals surface area contributed by atoms with E-state index in [1.165, 1.54) is 0 Å². The molecule has 22 heavy (non-hydrogen) atoms. The van der Waals surface area contributed by atoms with Gasteiger partial charge in [-0.2, -0.15) is 0 Å². The first-order valence-electron chi connectivity index (χ1n) is 7.72. The van der Waals surface area contributed by atoms with Crippen molar-refractivity contribution in [1.82, 2.24) is 10.2 Å². The third-order valence-electron chi connectivity index (χ3n) is 4.27. The predicted octanol–water partition coefficient (Wildman–Crippen LogP) is 0.958. The molecule has 0 aromatic heterocycles. The lowest BCUT2D eigenvalue weighted by molar-refractivity contribution is -0.117. The fourth-order valence-corrected chi connectivity index (χ4v) is 3.00. The highest BCUT2D eigenvalue weighted by atomic mass is 16.3. The van der Waals surface area contributed by atoms with E-state index >= 15 is 0 Å². The lowest BCUT2D eigenvalue weighted by atomic mass is 10.1.